The number of ether oxygens (including phenoxy) is 2. The quantitative estimate of drug-likeness (QED) is 0.661. The lowest BCUT2D eigenvalue weighted by molar-refractivity contribution is -0.129. The van der Waals surface area contributed by atoms with Crippen molar-refractivity contribution in [2.24, 2.45) is 11.8 Å². The van der Waals surface area contributed by atoms with Crippen molar-refractivity contribution in [1.82, 2.24) is 15.5 Å². The van der Waals surface area contributed by atoms with Gasteiger partial charge in [-0.2, -0.15) is 0 Å². The van der Waals surface area contributed by atoms with E-state index in [4.69, 9.17) is 9.47 Å². The Bertz CT molecular complexity index is 695. The van der Waals surface area contributed by atoms with Crippen LogP contribution in [0.25, 0.3) is 0 Å². The number of piperidine rings is 1. The Kier molecular flexibility index (Phi) is 9.04. The molecule has 2 amide bonds. The zero-order valence-corrected chi connectivity index (χ0v) is 18.1. The summed E-state index contributed by atoms with van der Waals surface area (Å²) < 4.78 is 10.6. The number of halogens is 1. The molecule has 0 saturated carbocycles. The van der Waals surface area contributed by atoms with Gasteiger partial charge in [0.05, 0.1) is 20.1 Å². The zero-order valence-electron chi connectivity index (χ0n) is 17.2. The Morgan fingerprint density at radius 2 is 2.07 bits per heavy atom. The fourth-order valence-corrected chi connectivity index (χ4v) is 3.95. The third kappa shape index (κ3) is 6.24. The molecule has 2 atom stereocenters. The highest BCUT2D eigenvalue weighted by Crippen LogP contribution is 2.28. The third-order valence-corrected chi connectivity index (χ3v) is 5.67. The van der Waals surface area contributed by atoms with E-state index in [1.807, 2.05) is 18.2 Å². The smallest absolute Gasteiger partial charge is 0.225 e. The van der Waals surface area contributed by atoms with E-state index in [9.17, 15) is 9.59 Å². The number of nitrogens with one attached hydrogen (secondary N) is 2. The summed E-state index contributed by atoms with van der Waals surface area (Å²) in [6, 6.07) is 5.78. The van der Waals surface area contributed by atoms with Gasteiger partial charge in [-0.3, -0.25) is 9.59 Å². The Hall–Kier alpha value is -1.99. The molecule has 2 aliphatic heterocycles. The summed E-state index contributed by atoms with van der Waals surface area (Å²) in [6.07, 6.45) is 3.33. The highest BCUT2D eigenvalue weighted by molar-refractivity contribution is 5.89. The van der Waals surface area contributed by atoms with Crippen LogP contribution in [0.2, 0.25) is 0 Å². The van der Waals surface area contributed by atoms with Crippen LogP contribution >= 0.6 is 12.4 Å². The first kappa shape index (κ1) is 23.3. The van der Waals surface area contributed by atoms with Crippen molar-refractivity contribution in [3.63, 3.8) is 0 Å². The minimum atomic E-state index is -0.241. The summed E-state index contributed by atoms with van der Waals surface area (Å²) in [5, 5.41) is 6.41. The molecular weight excluding hydrogens is 394 g/mol. The van der Waals surface area contributed by atoms with Gasteiger partial charge in [0.2, 0.25) is 11.8 Å². The molecule has 2 unspecified atom stereocenters. The summed E-state index contributed by atoms with van der Waals surface area (Å²) in [4.78, 5) is 26.6. The van der Waals surface area contributed by atoms with Crippen LogP contribution < -0.4 is 20.1 Å². The molecular formula is C21H32ClN3O4. The Morgan fingerprint density at radius 3 is 2.76 bits per heavy atom. The maximum absolute atomic E-state index is 12.5. The van der Waals surface area contributed by atoms with Crippen LogP contribution in [-0.2, 0) is 16.0 Å². The van der Waals surface area contributed by atoms with Gasteiger partial charge < -0.3 is 25.0 Å². The van der Waals surface area contributed by atoms with Crippen molar-refractivity contribution in [2.75, 3.05) is 46.9 Å². The SMILES string of the molecule is COc1ccc(CCN2CC(C(=O)NCC3CCCNC3)CC2=O)cc1OC.Cl. The summed E-state index contributed by atoms with van der Waals surface area (Å²) >= 11 is 0. The number of likely N-dealkylation sites (tertiary alicyclic amines) is 1. The minimum Gasteiger partial charge on any atom is -0.493 e. The molecule has 2 N–H and O–H groups in total. The molecule has 3 rings (SSSR count). The predicted octanol–water partition coefficient (Wildman–Crippen LogP) is 1.63. The molecule has 162 valence electrons. The third-order valence-electron chi connectivity index (χ3n) is 5.67. The fraction of sp³-hybridized carbons (Fsp3) is 0.619. The molecule has 2 saturated heterocycles. The van der Waals surface area contributed by atoms with Crippen molar-refractivity contribution in [1.29, 1.82) is 0 Å². The van der Waals surface area contributed by atoms with Crippen molar-refractivity contribution < 1.29 is 19.1 Å². The largest absolute Gasteiger partial charge is 0.493 e. The van der Waals surface area contributed by atoms with Crippen LogP contribution in [0.3, 0.4) is 0 Å². The van der Waals surface area contributed by atoms with E-state index in [0.29, 0.717) is 49.9 Å². The molecule has 0 aliphatic carbocycles. The van der Waals surface area contributed by atoms with E-state index in [-0.39, 0.29) is 30.1 Å². The summed E-state index contributed by atoms with van der Waals surface area (Å²) in [7, 11) is 3.22. The predicted molar refractivity (Wildman–Crippen MR) is 114 cm³/mol. The Morgan fingerprint density at radius 1 is 1.28 bits per heavy atom. The van der Waals surface area contributed by atoms with Gasteiger partial charge in [-0.15, -0.1) is 12.4 Å². The molecule has 1 aromatic rings. The van der Waals surface area contributed by atoms with Crippen molar-refractivity contribution in [3.05, 3.63) is 23.8 Å². The van der Waals surface area contributed by atoms with E-state index < -0.39 is 0 Å². The van der Waals surface area contributed by atoms with Crippen LogP contribution in [0.1, 0.15) is 24.8 Å². The van der Waals surface area contributed by atoms with Crippen LogP contribution in [0, 0.1) is 11.8 Å². The van der Waals surface area contributed by atoms with Gasteiger partial charge in [0.1, 0.15) is 0 Å². The van der Waals surface area contributed by atoms with E-state index in [0.717, 1.165) is 31.5 Å². The maximum atomic E-state index is 12.5. The fourth-order valence-electron chi connectivity index (χ4n) is 3.95. The molecule has 1 aromatic carbocycles. The average Bonchev–Trinajstić information content (AvgIpc) is 3.11. The highest BCUT2D eigenvalue weighted by atomic mass is 35.5. The Balaban J connectivity index is 0.00000300. The van der Waals surface area contributed by atoms with Crippen LogP contribution in [-0.4, -0.2) is 63.7 Å². The second kappa shape index (κ2) is 11.3. The van der Waals surface area contributed by atoms with Crippen LogP contribution in [0.15, 0.2) is 18.2 Å². The van der Waals surface area contributed by atoms with Crippen molar-refractivity contribution in [2.45, 2.75) is 25.7 Å². The van der Waals surface area contributed by atoms with Gasteiger partial charge in [0.15, 0.2) is 11.5 Å². The summed E-state index contributed by atoms with van der Waals surface area (Å²) in [6.45, 7) is 3.83. The number of amides is 2. The van der Waals surface area contributed by atoms with Crippen LogP contribution in [0.5, 0.6) is 11.5 Å². The van der Waals surface area contributed by atoms with Gasteiger partial charge in [-0.05, 0) is 56.0 Å². The van der Waals surface area contributed by atoms with Crippen LogP contribution in [0.4, 0.5) is 0 Å². The number of hydrogen-bond donors (Lipinski definition) is 2. The average molecular weight is 426 g/mol. The zero-order chi connectivity index (χ0) is 19.9. The number of hydrogen-bond acceptors (Lipinski definition) is 5. The summed E-state index contributed by atoms with van der Waals surface area (Å²) in [5.74, 6) is 1.69. The first-order valence-corrected chi connectivity index (χ1v) is 10.1. The first-order chi connectivity index (χ1) is 13.6. The molecule has 0 radical (unpaired) electrons. The molecule has 0 spiro atoms. The molecule has 0 bridgehead atoms. The molecule has 8 heteroatoms. The molecule has 2 heterocycles. The topological polar surface area (TPSA) is 79.9 Å². The highest BCUT2D eigenvalue weighted by Gasteiger charge is 2.34. The lowest BCUT2D eigenvalue weighted by Crippen LogP contribution is -2.40. The number of benzene rings is 1. The van der Waals surface area contributed by atoms with E-state index in [1.54, 1.807) is 19.1 Å². The van der Waals surface area contributed by atoms with Gasteiger partial charge in [0.25, 0.3) is 0 Å². The minimum absolute atomic E-state index is 0. The molecule has 2 aliphatic rings. The lowest BCUT2D eigenvalue weighted by Gasteiger charge is -2.23. The number of rotatable bonds is 8. The van der Waals surface area contributed by atoms with Gasteiger partial charge in [-0.25, -0.2) is 0 Å². The van der Waals surface area contributed by atoms with E-state index in [1.165, 1.54) is 0 Å². The van der Waals surface area contributed by atoms with Crippen molar-refractivity contribution in [3.8, 4) is 11.5 Å². The number of nitrogens with zero attached hydrogens (tertiary/aromatic N) is 1. The lowest BCUT2D eigenvalue weighted by atomic mass is 9.99. The molecule has 29 heavy (non-hydrogen) atoms. The monoisotopic (exact) mass is 425 g/mol. The standard InChI is InChI=1S/C21H31N3O4.ClH/c1-27-18-6-5-15(10-19(18)28-2)7-9-24-14-17(11-20(24)25)21(26)23-13-16-4-3-8-22-12-16;/h5-6,10,16-17,22H,3-4,7-9,11-14H2,1-2H3,(H,23,26);1H. The van der Waals surface area contributed by atoms with Gasteiger partial charge in [-0.1, -0.05) is 6.07 Å². The number of carbonyl (C=O) groups is 2. The van der Waals surface area contributed by atoms with E-state index >= 15 is 0 Å². The Labute approximate surface area is 178 Å². The first-order valence-electron chi connectivity index (χ1n) is 10.1. The second-order valence-electron chi connectivity index (χ2n) is 7.64. The van der Waals surface area contributed by atoms with Gasteiger partial charge >= 0.3 is 0 Å². The molecule has 2 fully saturated rings. The van der Waals surface area contributed by atoms with E-state index in [2.05, 4.69) is 10.6 Å². The second-order valence-corrected chi connectivity index (χ2v) is 7.64. The summed E-state index contributed by atoms with van der Waals surface area (Å²) in [5.41, 5.74) is 1.07. The molecule has 7 nitrogen and oxygen atoms in total. The molecule has 0 aromatic heterocycles. The normalized spacial score (nSPS) is 21.4. The van der Waals surface area contributed by atoms with Crippen molar-refractivity contribution >= 4 is 24.2 Å². The maximum Gasteiger partial charge on any atom is 0.225 e. The van der Waals surface area contributed by atoms with Gasteiger partial charge in [0, 0.05) is 26.1 Å². The number of methoxy groups -OCH3 is 2. The number of carbonyl (C=O) groups excluding carboxylic acids is 2.